The Kier molecular flexibility index (Phi) is 5.60. The van der Waals surface area contributed by atoms with Gasteiger partial charge in [0.1, 0.15) is 0 Å². The Hall–Kier alpha value is -0.830. The molecule has 0 bridgehead atoms. The monoisotopic (exact) mass is 369 g/mol. The lowest BCUT2D eigenvalue weighted by atomic mass is 10.3. The third-order valence-corrected chi connectivity index (χ3v) is 4.96. The third-order valence-electron chi connectivity index (χ3n) is 2.11. The Labute approximate surface area is 124 Å². The summed E-state index contributed by atoms with van der Waals surface area (Å²) < 4.78 is 26.7. The van der Waals surface area contributed by atoms with E-state index in [-0.39, 0.29) is 39.1 Å². The molecule has 0 unspecified atom stereocenters. The standard InChI is InChI=1S/C10H13BrClN3O3S/c1-6(16)14-2-3-15-19(17,18)9-5-7(12)4-8(13)10(9)11/h4-5,15H,2-3,13H2,1H3,(H,14,16). The Morgan fingerprint density at radius 3 is 2.63 bits per heavy atom. The largest absolute Gasteiger partial charge is 0.398 e. The normalized spacial score (nSPS) is 11.3. The van der Waals surface area contributed by atoms with E-state index < -0.39 is 10.0 Å². The van der Waals surface area contributed by atoms with Crippen molar-refractivity contribution in [2.75, 3.05) is 18.8 Å². The van der Waals surface area contributed by atoms with E-state index in [9.17, 15) is 13.2 Å². The van der Waals surface area contributed by atoms with Crippen LogP contribution in [0.4, 0.5) is 5.69 Å². The van der Waals surface area contributed by atoms with Crippen LogP contribution in [0, 0.1) is 0 Å². The van der Waals surface area contributed by atoms with Gasteiger partial charge in [-0.05, 0) is 28.1 Å². The maximum absolute atomic E-state index is 12.0. The van der Waals surface area contributed by atoms with Gasteiger partial charge in [-0.2, -0.15) is 0 Å². The number of sulfonamides is 1. The number of hydrogen-bond donors (Lipinski definition) is 3. The zero-order chi connectivity index (χ0) is 14.6. The van der Waals surface area contributed by atoms with Gasteiger partial charge in [-0.15, -0.1) is 0 Å². The number of carbonyl (C=O) groups excluding carboxylic acids is 1. The molecular weight excluding hydrogens is 358 g/mol. The van der Waals surface area contributed by atoms with Crippen LogP contribution >= 0.6 is 27.5 Å². The van der Waals surface area contributed by atoms with E-state index in [1.54, 1.807) is 0 Å². The van der Waals surface area contributed by atoms with Crippen LogP contribution < -0.4 is 15.8 Å². The van der Waals surface area contributed by atoms with Gasteiger partial charge in [0.25, 0.3) is 0 Å². The Morgan fingerprint density at radius 1 is 1.42 bits per heavy atom. The van der Waals surface area contributed by atoms with Gasteiger partial charge in [-0.25, -0.2) is 13.1 Å². The van der Waals surface area contributed by atoms with Gasteiger partial charge in [0.05, 0.1) is 9.37 Å². The topological polar surface area (TPSA) is 101 Å². The molecule has 1 aromatic rings. The van der Waals surface area contributed by atoms with E-state index in [2.05, 4.69) is 26.0 Å². The van der Waals surface area contributed by atoms with Gasteiger partial charge in [-0.1, -0.05) is 11.6 Å². The number of amides is 1. The number of hydrogen-bond acceptors (Lipinski definition) is 4. The lowest BCUT2D eigenvalue weighted by Gasteiger charge is -2.10. The maximum Gasteiger partial charge on any atom is 0.241 e. The molecule has 0 fully saturated rings. The van der Waals surface area contributed by atoms with Crippen molar-refractivity contribution in [1.82, 2.24) is 10.0 Å². The summed E-state index contributed by atoms with van der Waals surface area (Å²) in [7, 11) is -3.75. The first kappa shape index (κ1) is 16.2. The van der Waals surface area contributed by atoms with E-state index in [0.717, 1.165) is 0 Å². The zero-order valence-corrected chi connectivity index (χ0v) is 13.2. The van der Waals surface area contributed by atoms with E-state index in [4.69, 9.17) is 17.3 Å². The van der Waals surface area contributed by atoms with Crippen molar-refractivity contribution in [1.29, 1.82) is 0 Å². The van der Waals surface area contributed by atoms with Crippen molar-refractivity contribution >= 4 is 49.1 Å². The second kappa shape index (κ2) is 6.56. The van der Waals surface area contributed by atoms with Crippen LogP contribution in [-0.2, 0) is 14.8 Å². The minimum absolute atomic E-state index is 0.0414. The van der Waals surface area contributed by atoms with E-state index in [1.807, 2.05) is 0 Å². The minimum atomic E-state index is -3.75. The van der Waals surface area contributed by atoms with Gasteiger partial charge in [-0.3, -0.25) is 4.79 Å². The maximum atomic E-state index is 12.0. The lowest BCUT2D eigenvalue weighted by molar-refractivity contribution is -0.118. The van der Waals surface area contributed by atoms with Crippen LogP contribution in [0.3, 0.4) is 0 Å². The van der Waals surface area contributed by atoms with E-state index >= 15 is 0 Å². The second-order valence-corrected chi connectivity index (χ2v) is 6.65. The molecule has 0 radical (unpaired) electrons. The Morgan fingerprint density at radius 2 is 2.05 bits per heavy atom. The summed E-state index contributed by atoms with van der Waals surface area (Å²) in [5.41, 5.74) is 5.86. The van der Waals surface area contributed by atoms with Gasteiger partial charge in [0, 0.05) is 30.7 Å². The molecular formula is C10H13BrClN3O3S. The minimum Gasteiger partial charge on any atom is -0.398 e. The second-order valence-electron chi connectivity index (χ2n) is 3.69. The highest BCUT2D eigenvalue weighted by Gasteiger charge is 2.19. The van der Waals surface area contributed by atoms with Crippen molar-refractivity contribution < 1.29 is 13.2 Å². The number of anilines is 1. The molecule has 0 aliphatic rings. The lowest BCUT2D eigenvalue weighted by Crippen LogP contribution is -2.33. The predicted octanol–water partition coefficient (Wildman–Crippen LogP) is 1.10. The molecule has 0 saturated heterocycles. The average Bonchev–Trinajstić information content (AvgIpc) is 2.29. The van der Waals surface area contributed by atoms with Crippen molar-refractivity contribution in [3.63, 3.8) is 0 Å². The van der Waals surface area contributed by atoms with Gasteiger partial charge in [0.15, 0.2) is 0 Å². The fourth-order valence-electron chi connectivity index (χ4n) is 1.28. The molecule has 0 heterocycles. The summed E-state index contributed by atoms with van der Waals surface area (Å²) in [4.78, 5) is 10.6. The molecule has 106 valence electrons. The number of carbonyl (C=O) groups is 1. The van der Waals surface area contributed by atoms with Crippen LogP contribution in [0.1, 0.15) is 6.92 Å². The molecule has 1 amide bonds. The highest BCUT2D eigenvalue weighted by atomic mass is 79.9. The molecule has 6 nitrogen and oxygen atoms in total. The average molecular weight is 371 g/mol. The van der Waals surface area contributed by atoms with E-state index in [0.29, 0.717) is 0 Å². The molecule has 9 heteroatoms. The first-order valence-electron chi connectivity index (χ1n) is 5.22. The van der Waals surface area contributed by atoms with Gasteiger partial charge >= 0.3 is 0 Å². The molecule has 1 aromatic carbocycles. The van der Waals surface area contributed by atoms with Crippen LogP contribution in [-0.4, -0.2) is 27.4 Å². The van der Waals surface area contributed by atoms with Crippen LogP contribution in [0.2, 0.25) is 5.02 Å². The number of rotatable bonds is 5. The summed E-state index contributed by atoms with van der Waals surface area (Å²) >= 11 is 8.89. The summed E-state index contributed by atoms with van der Waals surface area (Å²) in [6.07, 6.45) is 0. The SMILES string of the molecule is CC(=O)NCCNS(=O)(=O)c1cc(Cl)cc(N)c1Br. The van der Waals surface area contributed by atoms with Crippen molar-refractivity contribution in [3.05, 3.63) is 21.6 Å². The molecule has 0 saturated carbocycles. The summed E-state index contributed by atoms with van der Waals surface area (Å²) in [6, 6.07) is 2.74. The molecule has 4 N–H and O–H groups in total. The van der Waals surface area contributed by atoms with Gasteiger partial charge < -0.3 is 11.1 Å². The smallest absolute Gasteiger partial charge is 0.241 e. The van der Waals surface area contributed by atoms with Crippen molar-refractivity contribution in [2.45, 2.75) is 11.8 Å². The summed E-state index contributed by atoms with van der Waals surface area (Å²) in [5.74, 6) is -0.229. The highest BCUT2D eigenvalue weighted by molar-refractivity contribution is 9.10. The molecule has 0 aliphatic carbocycles. The summed E-state index contributed by atoms with van der Waals surface area (Å²) in [5, 5.41) is 2.70. The predicted molar refractivity (Wildman–Crippen MR) is 77.4 cm³/mol. The number of benzene rings is 1. The quantitative estimate of drug-likeness (QED) is 0.533. The number of nitrogens with two attached hydrogens (primary N) is 1. The van der Waals surface area contributed by atoms with Crippen molar-refractivity contribution in [3.8, 4) is 0 Å². The Balaban J connectivity index is 2.86. The third kappa shape index (κ3) is 4.64. The molecule has 1 rings (SSSR count). The number of halogens is 2. The molecule has 0 atom stereocenters. The fourth-order valence-corrected chi connectivity index (χ4v) is 3.60. The molecule has 19 heavy (non-hydrogen) atoms. The fraction of sp³-hybridized carbons (Fsp3) is 0.300. The van der Waals surface area contributed by atoms with Gasteiger partial charge in [0.2, 0.25) is 15.9 Å². The first-order chi connectivity index (χ1) is 8.74. The zero-order valence-electron chi connectivity index (χ0n) is 10.0. The molecule has 0 aromatic heterocycles. The Bertz CT molecular complexity index is 592. The summed E-state index contributed by atoms with van der Waals surface area (Å²) in [6.45, 7) is 1.62. The van der Waals surface area contributed by atoms with Crippen molar-refractivity contribution in [2.24, 2.45) is 0 Å². The van der Waals surface area contributed by atoms with E-state index in [1.165, 1.54) is 19.1 Å². The number of nitrogen functional groups attached to an aromatic ring is 1. The van der Waals surface area contributed by atoms with Crippen LogP contribution in [0.25, 0.3) is 0 Å². The highest BCUT2D eigenvalue weighted by Crippen LogP contribution is 2.31. The molecule has 0 spiro atoms. The number of nitrogens with one attached hydrogen (secondary N) is 2. The molecule has 0 aliphatic heterocycles. The van der Waals surface area contributed by atoms with Crippen LogP contribution in [0.5, 0.6) is 0 Å². The first-order valence-corrected chi connectivity index (χ1v) is 7.88. The van der Waals surface area contributed by atoms with Crippen LogP contribution in [0.15, 0.2) is 21.5 Å².